The second-order valence-corrected chi connectivity index (χ2v) is 6.63. The zero-order valence-corrected chi connectivity index (χ0v) is 12.7. The van der Waals surface area contributed by atoms with Crippen LogP contribution < -0.4 is 5.32 Å². The molecular formula is C13H20N2O3S. The average molecular weight is 284 g/mol. The molecule has 1 rings (SSSR count). The smallest absolute Gasteiger partial charge is 0.235 e. The summed E-state index contributed by atoms with van der Waals surface area (Å²) in [5.41, 5.74) is 2.02. The van der Waals surface area contributed by atoms with Crippen LogP contribution in [-0.2, 0) is 14.8 Å². The number of hydrogen-bond donors (Lipinski definition) is 1. The Morgan fingerprint density at radius 2 is 1.95 bits per heavy atom. The van der Waals surface area contributed by atoms with Gasteiger partial charge in [-0.2, -0.15) is 0 Å². The number of ketones is 1. The van der Waals surface area contributed by atoms with Crippen molar-refractivity contribution >= 4 is 21.5 Å². The van der Waals surface area contributed by atoms with E-state index in [0.29, 0.717) is 16.8 Å². The van der Waals surface area contributed by atoms with Crippen molar-refractivity contribution < 1.29 is 13.2 Å². The van der Waals surface area contributed by atoms with Gasteiger partial charge >= 0.3 is 0 Å². The average Bonchev–Trinajstić information content (AvgIpc) is 2.72. The lowest BCUT2D eigenvalue weighted by atomic mass is 9.95. The molecular weight excluding hydrogens is 264 g/mol. The van der Waals surface area contributed by atoms with Gasteiger partial charge in [-0.25, -0.2) is 8.42 Å². The first kappa shape index (κ1) is 15.5. The van der Waals surface area contributed by atoms with E-state index in [9.17, 15) is 13.2 Å². The second kappa shape index (κ2) is 5.61. The molecule has 0 radical (unpaired) electrons. The molecule has 106 valence electrons. The Morgan fingerprint density at radius 1 is 1.37 bits per heavy atom. The van der Waals surface area contributed by atoms with Crippen molar-refractivity contribution in [1.29, 1.82) is 0 Å². The SMILES string of the molecule is CN/C(=C(\C(C)=O)C(C)C)c1ccn(S(C)(=O)=O)c1. The summed E-state index contributed by atoms with van der Waals surface area (Å²) in [4.78, 5) is 11.7. The summed E-state index contributed by atoms with van der Waals surface area (Å²) in [6, 6.07) is 1.68. The van der Waals surface area contributed by atoms with Gasteiger partial charge in [-0.3, -0.25) is 8.77 Å². The van der Waals surface area contributed by atoms with Crippen LogP contribution in [0.15, 0.2) is 24.0 Å². The number of carbonyl (C=O) groups excluding carboxylic acids is 1. The molecule has 0 fully saturated rings. The van der Waals surface area contributed by atoms with Gasteiger partial charge in [0.15, 0.2) is 5.78 Å². The number of aromatic nitrogens is 1. The maximum atomic E-state index is 11.7. The lowest BCUT2D eigenvalue weighted by Crippen LogP contribution is -2.16. The highest BCUT2D eigenvalue weighted by molar-refractivity contribution is 7.89. The van der Waals surface area contributed by atoms with Crippen molar-refractivity contribution in [2.24, 2.45) is 5.92 Å². The van der Waals surface area contributed by atoms with E-state index in [1.807, 2.05) is 13.8 Å². The van der Waals surface area contributed by atoms with Gasteiger partial charge in [0.2, 0.25) is 10.0 Å². The fourth-order valence-corrected chi connectivity index (χ4v) is 2.62. The second-order valence-electron chi connectivity index (χ2n) is 4.74. The van der Waals surface area contributed by atoms with Crippen molar-refractivity contribution in [2.75, 3.05) is 13.3 Å². The van der Waals surface area contributed by atoms with Crippen LogP contribution in [0, 0.1) is 5.92 Å². The monoisotopic (exact) mass is 284 g/mol. The van der Waals surface area contributed by atoms with Crippen LogP contribution in [0.4, 0.5) is 0 Å². The van der Waals surface area contributed by atoms with Crippen LogP contribution in [0.1, 0.15) is 26.3 Å². The van der Waals surface area contributed by atoms with Crippen molar-refractivity contribution in [3.8, 4) is 0 Å². The van der Waals surface area contributed by atoms with E-state index in [1.54, 1.807) is 13.1 Å². The summed E-state index contributed by atoms with van der Waals surface area (Å²) >= 11 is 0. The van der Waals surface area contributed by atoms with Crippen LogP contribution in [-0.4, -0.2) is 31.5 Å². The summed E-state index contributed by atoms with van der Waals surface area (Å²) in [5.74, 6) is 0.0352. The molecule has 1 aromatic heterocycles. The van der Waals surface area contributed by atoms with Gasteiger partial charge in [0, 0.05) is 36.3 Å². The van der Waals surface area contributed by atoms with Gasteiger partial charge in [-0.15, -0.1) is 0 Å². The zero-order valence-electron chi connectivity index (χ0n) is 11.9. The van der Waals surface area contributed by atoms with Gasteiger partial charge in [0.05, 0.1) is 6.26 Å². The quantitative estimate of drug-likeness (QED) is 0.831. The first-order chi connectivity index (χ1) is 8.68. The molecule has 0 atom stereocenters. The number of nitrogens with one attached hydrogen (secondary N) is 1. The van der Waals surface area contributed by atoms with Crippen LogP contribution >= 0.6 is 0 Å². The number of allylic oxidation sites excluding steroid dienone is 1. The highest BCUT2D eigenvalue weighted by Gasteiger charge is 2.17. The number of Topliss-reactive ketones (excluding diaryl/α,β-unsaturated/α-hetero) is 1. The Balaban J connectivity index is 3.43. The summed E-state index contributed by atoms with van der Waals surface area (Å²) in [6.07, 6.45) is 4.11. The Labute approximate surface area is 114 Å². The summed E-state index contributed by atoms with van der Waals surface area (Å²) in [6.45, 7) is 5.38. The molecule has 0 aliphatic carbocycles. The third kappa shape index (κ3) is 3.47. The number of rotatable bonds is 5. The first-order valence-corrected chi connectivity index (χ1v) is 7.85. The molecule has 0 aliphatic rings. The van der Waals surface area contributed by atoms with E-state index in [1.165, 1.54) is 19.3 Å². The van der Waals surface area contributed by atoms with Crippen LogP contribution in [0.25, 0.3) is 5.70 Å². The third-order valence-electron chi connectivity index (χ3n) is 2.81. The molecule has 6 heteroatoms. The Morgan fingerprint density at radius 3 is 2.26 bits per heavy atom. The lowest BCUT2D eigenvalue weighted by Gasteiger charge is -2.15. The number of carbonyl (C=O) groups is 1. The lowest BCUT2D eigenvalue weighted by molar-refractivity contribution is -0.114. The molecule has 0 saturated heterocycles. The van der Waals surface area contributed by atoms with E-state index in [2.05, 4.69) is 5.32 Å². The van der Waals surface area contributed by atoms with Crippen LogP contribution in [0.5, 0.6) is 0 Å². The number of hydrogen-bond acceptors (Lipinski definition) is 4. The molecule has 0 bridgehead atoms. The summed E-state index contributed by atoms with van der Waals surface area (Å²) in [5, 5.41) is 3.00. The molecule has 0 spiro atoms. The largest absolute Gasteiger partial charge is 0.387 e. The minimum atomic E-state index is -3.31. The summed E-state index contributed by atoms with van der Waals surface area (Å²) in [7, 11) is -1.59. The van der Waals surface area contributed by atoms with E-state index in [4.69, 9.17) is 0 Å². The highest BCUT2D eigenvalue weighted by atomic mass is 32.2. The van der Waals surface area contributed by atoms with Crippen molar-refractivity contribution in [2.45, 2.75) is 20.8 Å². The topological polar surface area (TPSA) is 68.2 Å². The van der Waals surface area contributed by atoms with E-state index < -0.39 is 10.0 Å². The van der Waals surface area contributed by atoms with Crippen LogP contribution in [0.2, 0.25) is 0 Å². The minimum absolute atomic E-state index is 0.0218. The molecule has 0 aliphatic heterocycles. The normalized spacial score (nSPS) is 13.4. The molecule has 19 heavy (non-hydrogen) atoms. The Hall–Kier alpha value is -1.56. The van der Waals surface area contributed by atoms with Gasteiger partial charge in [0.25, 0.3) is 0 Å². The van der Waals surface area contributed by atoms with Gasteiger partial charge in [-0.05, 0) is 18.9 Å². The summed E-state index contributed by atoms with van der Waals surface area (Å²) < 4.78 is 24.0. The molecule has 0 aromatic carbocycles. The third-order valence-corrected chi connectivity index (χ3v) is 3.81. The fourth-order valence-electron chi connectivity index (χ4n) is 2.04. The van der Waals surface area contributed by atoms with Crippen LogP contribution in [0.3, 0.4) is 0 Å². The Kier molecular flexibility index (Phi) is 4.57. The molecule has 0 unspecified atom stereocenters. The van der Waals surface area contributed by atoms with Gasteiger partial charge in [0.1, 0.15) is 0 Å². The maximum Gasteiger partial charge on any atom is 0.235 e. The van der Waals surface area contributed by atoms with E-state index in [-0.39, 0.29) is 11.7 Å². The Bertz CT molecular complexity index is 610. The van der Waals surface area contributed by atoms with Gasteiger partial charge in [-0.1, -0.05) is 13.8 Å². The van der Waals surface area contributed by atoms with Crippen molar-refractivity contribution in [3.63, 3.8) is 0 Å². The fraction of sp³-hybridized carbons (Fsp3) is 0.462. The van der Waals surface area contributed by atoms with E-state index in [0.717, 1.165) is 10.2 Å². The molecule has 0 amide bonds. The predicted molar refractivity (Wildman–Crippen MR) is 76.2 cm³/mol. The molecule has 1 heterocycles. The number of nitrogens with zero attached hydrogens (tertiary/aromatic N) is 1. The predicted octanol–water partition coefficient (Wildman–Crippen LogP) is 1.47. The first-order valence-electron chi connectivity index (χ1n) is 6.00. The zero-order chi connectivity index (χ0) is 14.8. The minimum Gasteiger partial charge on any atom is -0.387 e. The van der Waals surface area contributed by atoms with E-state index >= 15 is 0 Å². The van der Waals surface area contributed by atoms with Gasteiger partial charge < -0.3 is 5.32 Å². The molecule has 5 nitrogen and oxygen atoms in total. The maximum absolute atomic E-state index is 11.7. The highest BCUT2D eigenvalue weighted by Crippen LogP contribution is 2.23. The molecule has 1 aromatic rings. The standard InChI is InChI=1S/C13H20N2O3S/c1-9(2)12(10(3)16)13(14-4)11-6-7-15(8-11)19(5,17)18/h6-9,14H,1-5H3/b13-12-. The van der Waals surface area contributed by atoms with Crippen molar-refractivity contribution in [1.82, 2.24) is 9.29 Å². The molecule has 1 N–H and O–H groups in total. The van der Waals surface area contributed by atoms with Crippen molar-refractivity contribution in [3.05, 3.63) is 29.6 Å². The molecule has 0 saturated carbocycles.